The fourth-order valence-corrected chi connectivity index (χ4v) is 7.48. The highest BCUT2D eigenvalue weighted by molar-refractivity contribution is 7.47. The molecule has 0 saturated carbocycles. The van der Waals surface area contributed by atoms with E-state index in [2.05, 4.69) is 22.0 Å². The third-order valence-corrected chi connectivity index (χ3v) is 11.2. The maximum absolute atomic E-state index is 13.1. The van der Waals surface area contributed by atoms with Crippen LogP contribution in [-0.4, -0.2) is 72.8 Å². The molecular weight excluding hydrogens is 749 g/mol. The number of aromatic nitrogens is 4. The fraction of sp³-hybridized carbons (Fsp3) is 0.683. The number of hydrogen-bond acceptors (Lipinski definition) is 13. The predicted molar refractivity (Wildman–Crippen MR) is 216 cm³/mol. The number of nitrogens with zero attached hydrogens (tertiary/aromatic N) is 6. The van der Waals surface area contributed by atoms with Crippen molar-refractivity contribution in [2.45, 2.75) is 159 Å². The van der Waals surface area contributed by atoms with Gasteiger partial charge in [0.05, 0.1) is 25.0 Å². The van der Waals surface area contributed by atoms with Crippen LogP contribution in [0.1, 0.15) is 152 Å². The van der Waals surface area contributed by atoms with Crippen molar-refractivity contribution < 1.29 is 38.2 Å². The summed E-state index contributed by atoms with van der Waals surface area (Å²) >= 11 is 0. The molecule has 5 N–H and O–H groups in total. The van der Waals surface area contributed by atoms with Crippen molar-refractivity contribution in [3.8, 4) is 12.1 Å². The Bertz CT molecular complexity index is 1700. The number of aliphatic hydroxyl groups excluding tert-OH is 2. The summed E-state index contributed by atoms with van der Waals surface area (Å²) in [5.74, 6) is 0.133. The molecule has 0 amide bonds. The zero-order chi connectivity index (χ0) is 41.4. The van der Waals surface area contributed by atoms with Gasteiger partial charge in [-0.25, -0.2) is 19.0 Å². The molecule has 0 aliphatic heterocycles. The van der Waals surface area contributed by atoms with E-state index in [0.29, 0.717) is 11.9 Å². The lowest BCUT2D eigenvalue weighted by molar-refractivity contribution is -0.134. The maximum Gasteiger partial charge on any atom is 0.472 e. The quantitative estimate of drug-likeness (QED) is 0.0345. The number of hydrogen-bond donors (Lipinski definition) is 4. The number of rotatable bonds is 32. The molecule has 5 atom stereocenters. The highest BCUT2D eigenvalue weighted by Crippen LogP contribution is 2.45. The molecule has 16 heteroatoms. The molecule has 3 aromatic heterocycles. The van der Waals surface area contributed by atoms with Crippen LogP contribution in [0.3, 0.4) is 0 Å². The number of nitrogen functional groups attached to an aromatic ring is 1. The van der Waals surface area contributed by atoms with Crippen LogP contribution < -0.4 is 5.73 Å². The summed E-state index contributed by atoms with van der Waals surface area (Å²) in [4.78, 5) is 18.6. The molecule has 0 aliphatic carbocycles. The number of fused-ring (bicyclic) bond motifs is 1. The van der Waals surface area contributed by atoms with Gasteiger partial charge in [0.15, 0.2) is 5.82 Å². The topological polar surface area (TPSA) is 231 Å². The molecule has 0 bridgehead atoms. The number of pyridine rings is 1. The van der Waals surface area contributed by atoms with Crippen molar-refractivity contribution in [3.05, 3.63) is 53.7 Å². The van der Waals surface area contributed by atoms with E-state index in [4.69, 9.17) is 29.5 Å². The molecule has 15 nitrogen and oxygen atoms in total. The molecule has 0 aliphatic rings. The van der Waals surface area contributed by atoms with Gasteiger partial charge in [-0.05, 0) is 30.2 Å². The smallest absolute Gasteiger partial charge is 0.386 e. The Hall–Kier alpha value is -3.50. The van der Waals surface area contributed by atoms with E-state index >= 15 is 0 Å². The molecule has 3 heterocycles. The SMILES string of the molecule is CCCCCCCCCCCCCCCCCCCC[C@H](COP(=O)(O)OCC(C#N)(OC)[C@@H](O)[C@@H](O)c1ccc2c(N)ncnn12)OCc1ccc(C#N)nc1. The van der Waals surface area contributed by atoms with Gasteiger partial charge in [-0.15, -0.1) is 0 Å². The maximum atomic E-state index is 13.1. The fourth-order valence-electron chi connectivity index (χ4n) is 6.69. The average molecular weight is 814 g/mol. The Kier molecular flexibility index (Phi) is 22.2. The molecule has 0 saturated heterocycles. The van der Waals surface area contributed by atoms with E-state index in [1.807, 2.05) is 6.07 Å². The number of nitriles is 2. The number of phosphoric acid groups is 1. The third kappa shape index (κ3) is 16.7. The average Bonchev–Trinajstić information content (AvgIpc) is 3.67. The second-order valence-corrected chi connectivity index (χ2v) is 16.2. The van der Waals surface area contributed by atoms with Crippen LogP contribution in [0, 0.1) is 22.7 Å². The molecule has 3 aromatic rings. The zero-order valence-corrected chi connectivity index (χ0v) is 34.7. The highest BCUT2D eigenvalue weighted by atomic mass is 31.2. The van der Waals surface area contributed by atoms with E-state index in [-0.39, 0.29) is 30.4 Å². The number of unbranched alkanes of at least 4 members (excludes halogenated alkanes) is 17. The van der Waals surface area contributed by atoms with Gasteiger partial charge in [0, 0.05) is 13.3 Å². The van der Waals surface area contributed by atoms with Gasteiger partial charge < -0.3 is 30.3 Å². The minimum atomic E-state index is -4.82. The lowest BCUT2D eigenvalue weighted by Gasteiger charge is -2.33. The summed E-state index contributed by atoms with van der Waals surface area (Å²) < 4.78 is 36.2. The van der Waals surface area contributed by atoms with Crippen molar-refractivity contribution in [3.63, 3.8) is 0 Å². The van der Waals surface area contributed by atoms with Gasteiger partial charge in [-0.1, -0.05) is 129 Å². The summed E-state index contributed by atoms with van der Waals surface area (Å²) in [6.45, 7) is 1.17. The van der Waals surface area contributed by atoms with E-state index in [9.17, 15) is 24.9 Å². The number of ether oxygens (including phenoxy) is 2. The van der Waals surface area contributed by atoms with Crippen LogP contribution in [0.25, 0.3) is 5.52 Å². The summed E-state index contributed by atoms with van der Waals surface area (Å²) in [7, 11) is -3.72. The number of methoxy groups -OCH3 is 1. The van der Waals surface area contributed by atoms with Gasteiger partial charge in [0.2, 0.25) is 5.60 Å². The standard InChI is InChI=1S/C41H64N7O8P/c1-3-4-5-6-7-8-9-10-11-12-13-14-15-16-17-18-19-20-21-35(54-28-33-22-23-34(26-42)45-27-33)29-55-57(51,52)56-31-41(30-43,53-2)39(50)38(49)36-24-25-37-40(44)46-32-47-48(36)37/h22-25,27,32,35,38-39,49-50H,3-21,28-29,31H2,1-2H3,(H,51,52)(H2,44,46,47)/t35-,38+,39+,41?/m1/s1. The summed E-state index contributed by atoms with van der Waals surface area (Å²) in [5.41, 5.74) is 5.02. The number of phosphoric ester groups is 1. The van der Waals surface area contributed by atoms with Crippen LogP contribution in [-0.2, 0) is 29.7 Å². The molecule has 57 heavy (non-hydrogen) atoms. The lowest BCUT2D eigenvalue weighted by Crippen LogP contribution is -2.50. The van der Waals surface area contributed by atoms with Crippen molar-refractivity contribution in [2.24, 2.45) is 0 Å². The Morgan fingerprint density at radius 1 is 0.860 bits per heavy atom. The van der Waals surface area contributed by atoms with Crippen LogP contribution in [0.4, 0.5) is 5.82 Å². The monoisotopic (exact) mass is 813 g/mol. The molecule has 316 valence electrons. The largest absolute Gasteiger partial charge is 0.472 e. The highest BCUT2D eigenvalue weighted by Gasteiger charge is 2.46. The van der Waals surface area contributed by atoms with Crippen molar-refractivity contribution in [1.82, 2.24) is 19.6 Å². The molecule has 2 unspecified atom stereocenters. The summed E-state index contributed by atoms with van der Waals surface area (Å²) in [6.07, 6.45) is 21.7. The zero-order valence-electron chi connectivity index (χ0n) is 33.8. The summed E-state index contributed by atoms with van der Waals surface area (Å²) in [6, 6.07) is 10.0. The van der Waals surface area contributed by atoms with Crippen molar-refractivity contribution in [2.75, 3.05) is 26.1 Å². The van der Waals surface area contributed by atoms with E-state index < -0.39 is 38.3 Å². The normalized spacial score (nSPS) is 15.4. The second kappa shape index (κ2) is 26.5. The molecule has 3 rings (SSSR count). The van der Waals surface area contributed by atoms with Crippen LogP contribution in [0.5, 0.6) is 0 Å². The Labute approximate surface area is 338 Å². The first-order chi connectivity index (χ1) is 27.6. The first-order valence-electron chi connectivity index (χ1n) is 20.6. The molecule has 0 radical (unpaired) electrons. The Morgan fingerprint density at radius 3 is 1.98 bits per heavy atom. The first kappa shape index (κ1) is 47.9. The number of anilines is 1. The first-order valence-corrected chi connectivity index (χ1v) is 22.1. The third-order valence-electron chi connectivity index (χ3n) is 10.3. The van der Waals surface area contributed by atoms with E-state index in [0.717, 1.165) is 38.4 Å². The van der Waals surface area contributed by atoms with Crippen molar-refractivity contribution >= 4 is 19.2 Å². The number of nitrogens with two attached hydrogens (primary N) is 1. The van der Waals surface area contributed by atoms with Crippen LogP contribution >= 0.6 is 7.82 Å². The molecule has 0 spiro atoms. The van der Waals surface area contributed by atoms with Crippen molar-refractivity contribution in [1.29, 1.82) is 10.5 Å². The minimum absolute atomic E-state index is 0.0729. The number of aliphatic hydroxyl groups is 2. The van der Waals surface area contributed by atoms with Gasteiger partial charge in [0.25, 0.3) is 0 Å². The van der Waals surface area contributed by atoms with Gasteiger partial charge in [-0.2, -0.15) is 15.6 Å². The van der Waals surface area contributed by atoms with E-state index in [1.165, 1.54) is 119 Å². The molecular formula is C41H64N7O8P. The Balaban J connectivity index is 1.43. The Morgan fingerprint density at radius 2 is 1.46 bits per heavy atom. The predicted octanol–water partition coefficient (Wildman–Crippen LogP) is 8.03. The summed E-state index contributed by atoms with van der Waals surface area (Å²) in [5, 5.41) is 45.3. The van der Waals surface area contributed by atoms with E-state index in [1.54, 1.807) is 18.2 Å². The van der Waals surface area contributed by atoms with Gasteiger partial charge in [-0.3, -0.25) is 9.05 Å². The van der Waals surface area contributed by atoms with Crippen LogP contribution in [0.2, 0.25) is 0 Å². The van der Waals surface area contributed by atoms with Crippen LogP contribution in [0.15, 0.2) is 36.8 Å². The second-order valence-electron chi connectivity index (χ2n) is 14.7. The van der Waals surface area contributed by atoms with Gasteiger partial charge >= 0.3 is 7.82 Å². The molecule has 0 fully saturated rings. The minimum Gasteiger partial charge on any atom is -0.386 e. The lowest BCUT2D eigenvalue weighted by atomic mass is 9.93. The van der Waals surface area contributed by atoms with Gasteiger partial charge in [0.1, 0.15) is 48.5 Å². The molecule has 0 aromatic carbocycles.